The van der Waals surface area contributed by atoms with Crippen molar-refractivity contribution in [1.29, 1.82) is 0 Å². The van der Waals surface area contributed by atoms with Crippen molar-refractivity contribution in [2.24, 2.45) is 0 Å². The molecule has 1 atom stereocenters. The van der Waals surface area contributed by atoms with Gasteiger partial charge in [0.15, 0.2) is 0 Å². The molecule has 7 nitrogen and oxygen atoms in total. The first-order valence-electron chi connectivity index (χ1n) is 8.73. The third-order valence-electron chi connectivity index (χ3n) is 4.17. The zero-order valence-electron chi connectivity index (χ0n) is 15.2. The molecule has 1 N–H and O–H groups in total. The molecule has 1 heterocycles. The number of hydrogen-bond donors (Lipinski definition) is 1. The molecule has 1 unspecified atom stereocenters. The Labute approximate surface area is 153 Å². The smallest absolute Gasteiger partial charge is 0.409 e. The van der Waals surface area contributed by atoms with Crippen LogP contribution in [0.25, 0.3) is 0 Å². The van der Waals surface area contributed by atoms with Gasteiger partial charge < -0.3 is 19.7 Å². The van der Waals surface area contributed by atoms with E-state index in [0.29, 0.717) is 32.8 Å². The Balaban J connectivity index is 1.98. The molecule has 0 aromatic heterocycles. The molecule has 144 valence electrons. The maximum Gasteiger partial charge on any atom is 0.409 e. The van der Waals surface area contributed by atoms with Crippen molar-refractivity contribution < 1.29 is 23.5 Å². The molecule has 1 aromatic rings. The van der Waals surface area contributed by atoms with Gasteiger partial charge in [-0.3, -0.25) is 9.69 Å². The Morgan fingerprint density at radius 3 is 2.77 bits per heavy atom. The molecule has 2 amide bonds. The summed E-state index contributed by atoms with van der Waals surface area (Å²) in [5.74, 6) is -0.607. The molecule has 0 aliphatic carbocycles. The maximum absolute atomic E-state index is 13.6. The summed E-state index contributed by atoms with van der Waals surface area (Å²) >= 11 is 0. The van der Waals surface area contributed by atoms with Crippen LogP contribution in [0.15, 0.2) is 24.3 Å². The number of morpholine rings is 1. The van der Waals surface area contributed by atoms with Crippen LogP contribution in [0.2, 0.25) is 0 Å². The molecule has 2 rings (SSSR count). The van der Waals surface area contributed by atoms with Crippen LogP contribution in [0.4, 0.5) is 9.18 Å². The molecular formula is C18H26FN3O4. The van der Waals surface area contributed by atoms with Gasteiger partial charge in [-0.2, -0.15) is 0 Å². The number of nitrogens with one attached hydrogen (secondary N) is 1. The second kappa shape index (κ2) is 10.1. The Bertz CT molecular complexity index is 608. The highest BCUT2D eigenvalue weighted by atomic mass is 19.1. The van der Waals surface area contributed by atoms with E-state index in [1.165, 1.54) is 24.1 Å². The van der Waals surface area contributed by atoms with E-state index in [9.17, 15) is 14.0 Å². The van der Waals surface area contributed by atoms with Crippen LogP contribution in [-0.4, -0.2) is 74.8 Å². The molecule has 1 saturated heterocycles. The van der Waals surface area contributed by atoms with Gasteiger partial charge in [-0.25, -0.2) is 9.18 Å². The van der Waals surface area contributed by atoms with Crippen LogP contribution in [0, 0.1) is 5.82 Å². The van der Waals surface area contributed by atoms with Crippen molar-refractivity contribution in [2.75, 3.05) is 53.0 Å². The lowest BCUT2D eigenvalue weighted by atomic mass is 10.0. The van der Waals surface area contributed by atoms with Crippen molar-refractivity contribution >= 4 is 12.0 Å². The van der Waals surface area contributed by atoms with Gasteiger partial charge in [-0.15, -0.1) is 0 Å². The van der Waals surface area contributed by atoms with Crippen LogP contribution < -0.4 is 5.32 Å². The summed E-state index contributed by atoms with van der Waals surface area (Å²) in [7, 11) is 1.50. The van der Waals surface area contributed by atoms with E-state index in [4.69, 9.17) is 9.47 Å². The fraction of sp³-hybridized carbons (Fsp3) is 0.556. The highest BCUT2D eigenvalue weighted by molar-refractivity contribution is 5.82. The Morgan fingerprint density at radius 1 is 1.38 bits per heavy atom. The van der Waals surface area contributed by atoms with E-state index in [2.05, 4.69) is 10.2 Å². The predicted octanol–water partition coefficient (Wildman–Crippen LogP) is 1.40. The minimum absolute atomic E-state index is 0.0994. The first-order valence-corrected chi connectivity index (χ1v) is 8.73. The fourth-order valence-corrected chi connectivity index (χ4v) is 2.84. The predicted molar refractivity (Wildman–Crippen MR) is 94.2 cm³/mol. The number of benzene rings is 1. The number of rotatable bonds is 7. The van der Waals surface area contributed by atoms with E-state index in [0.717, 1.165) is 5.56 Å². The van der Waals surface area contributed by atoms with Gasteiger partial charge in [-0.05, 0) is 24.6 Å². The van der Waals surface area contributed by atoms with Gasteiger partial charge in [0.1, 0.15) is 12.4 Å². The van der Waals surface area contributed by atoms with Crippen molar-refractivity contribution in [2.45, 2.75) is 13.0 Å². The van der Waals surface area contributed by atoms with Crippen molar-refractivity contribution in [3.05, 3.63) is 35.6 Å². The molecule has 0 spiro atoms. The summed E-state index contributed by atoms with van der Waals surface area (Å²) in [5, 5.41) is 2.83. The molecule has 1 fully saturated rings. The first-order chi connectivity index (χ1) is 12.5. The highest BCUT2D eigenvalue weighted by Crippen LogP contribution is 2.22. The van der Waals surface area contributed by atoms with Gasteiger partial charge in [0.25, 0.3) is 0 Å². The number of carbonyl (C=O) groups excluding carboxylic acids is 2. The maximum atomic E-state index is 13.6. The number of nitrogens with zero attached hydrogens (tertiary/aromatic N) is 2. The normalized spacial score (nSPS) is 16.0. The zero-order chi connectivity index (χ0) is 18.9. The third kappa shape index (κ3) is 5.96. The third-order valence-corrected chi connectivity index (χ3v) is 4.17. The average molecular weight is 367 g/mol. The van der Waals surface area contributed by atoms with Crippen LogP contribution in [0.1, 0.15) is 18.5 Å². The van der Waals surface area contributed by atoms with Crippen LogP contribution in [0.3, 0.4) is 0 Å². The topological polar surface area (TPSA) is 71.1 Å². The summed E-state index contributed by atoms with van der Waals surface area (Å²) in [5.41, 5.74) is 0.797. The Morgan fingerprint density at radius 2 is 2.12 bits per heavy atom. The van der Waals surface area contributed by atoms with Crippen LogP contribution >= 0.6 is 0 Å². The van der Waals surface area contributed by atoms with Crippen molar-refractivity contribution in [3.63, 3.8) is 0 Å². The van der Waals surface area contributed by atoms with E-state index >= 15 is 0 Å². The second-order valence-electron chi connectivity index (χ2n) is 6.08. The minimum Gasteiger partial charge on any atom is -0.450 e. The van der Waals surface area contributed by atoms with Crippen LogP contribution in [0.5, 0.6) is 0 Å². The van der Waals surface area contributed by atoms with Crippen LogP contribution in [-0.2, 0) is 14.3 Å². The lowest BCUT2D eigenvalue weighted by Crippen LogP contribution is -2.45. The summed E-state index contributed by atoms with van der Waals surface area (Å²) < 4.78 is 23.9. The zero-order valence-corrected chi connectivity index (χ0v) is 15.2. The first kappa shape index (κ1) is 20.1. The van der Waals surface area contributed by atoms with Gasteiger partial charge in [0, 0.05) is 26.7 Å². The Hall–Kier alpha value is -2.19. The Kier molecular flexibility index (Phi) is 7.80. The monoisotopic (exact) mass is 367 g/mol. The second-order valence-corrected chi connectivity index (χ2v) is 6.08. The van der Waals surface area contributed by atoms with Gasteiger partial charge >= 0.3 is 6.09 Å². The number of hydrogen-bond acceptors (Lipinski definition) is 5. The lowest BCUT2D eigenvalue weighted by Gasteiger charge is -2.35. The molecule has 0 bridgehead atoms. The van der Waals surface area contributed by atoms with Crippen molar-refractivity contribution in [1.82, 2.24) is 15.1 Å². The summed E-state index contributed by atoms with van der Waals surface area (Å²) in [4.78, 5) is 27.1. The number of likely N-dealkylation sites (N-methyl/N-ethyl adjacent to an activating group) is 1. The van der Waals surface area contributed by atoms with Crippen molar-refractivity contribution in [3.8, 4) is 0 Å². The largest absolute Gasteiger partial charge is 0.450 e. The fourth-order valence-electron chi connectivity index (χ4n) is 2.84. The highest BCUT2D eigenvalue weighted by Gasteiger charge is 2.24. The van der Waals surface area contributed by atoms with E-state index in [1.54, 1.807) is 13.0 Å². The molecule has 0 radical (unpaired) electrons. The summed E-state index contributed by atoms with van der Waals surface area (Å²) in [6, 6.07) is 6.23. The molecule has 0 saturated carbocycles. The molecule has 8 heteroatoms. The van der Waals surface area contributed by atoms with Gasteiger partial charge in [-0.1, -0.05) is 12.1 Å². The SMILES string of the molecule is CCOC(=O)N(C)CC(=O)NCC(c1cccc(F)c1)N1CCOCC1. The summed E-state index contributed by atoms with van der Waals surface area (Å²) in [6.45, 7) is 4.80. The van der Waals surface area contributed by atoms with Gasteiger partial charge in [0.05, 0.1) is 25.9 Å². The molecule has 1 aromatic carbocycles. The number of carbonyl (C=O) groups is 2. The quantitative estimate of drug-likeness (QED) is 0.789. The lowest BCUT2D eigenvalue weighted by molar-refractivity contribution is -0.122. The van der Waals surface area contributed by atoms with E-state index in [-0.39, 0.29) is 30.9 Å². The molecule has 1 aliphatic rings. The average Bonchev–Trinajstić information content (AvgIpc) is 2.63. The molecule has 26 heavy (non-hydrogen) atoms. The number of ether oxygens (including phenoxy) is 2. The standard InChI is InChI=1S/C18H26FN3O4/c1-3-26-18(24)21(2)13-17(23)20-12-16(22-7-9-25-10-8-22)14-5-4-6-15(19)11-14/h4-6,11,16H,3,7-10,12-13H2,1-2H3,(H,20,23). The summed E-state index contributed by atoms with van der Waals surface area (Å²) in [6.07, 6.45) is -0.544. The number of halogens is 1. The van der Waals surface area contributed by atoms with E-state index in [1.807, 2.05) is 6.07 Å². The minimum atomic E-state index is -0.544. The molecule has 1 aliphatic heterocycles. The number of amides is 2. The van der Waals surface area contributed by atoms with Gasteiger partial charge in [0.2, 0.25) is 5.91 Å². The van der Waals surface area contributed by atoms with E-state index < -0.39 is 6.09 Å². The molecular weight excluding hydrogens is 341 g/mol.